The summed E-state index contributed by atoms with van der Waals surface area (Å²) in [7, 11) is 0. The van der Waals surface area contributed by atoms with E-state index in [0.717, 1.165) is 22.0 Å². The predicted molar refractivity (Wildman–Crippen MR) is 86.2 cm³/mol. The number of thiophene rings is 1. The number of nitrogen functional groups attached to an aromatic ring is 1. The zero-order valence-electron chi connectivity index (χ0n) is 12.8. The molecule has 1 heterocycles. The smallest absolute Gasteiger partial charge is 0.261 e. The van der Waals surface area contributed by atoms with Crippen molar-refractivity contribution in [3.63, 3.8) is 0 Å². The molecule has 1 amide bonds. The topological polar surface area (TPSA) is 55.1 Å². The zero-order valence-corrected chi connectivity index (χ0v) is 13.6. The highest BCUT2D eigenvalue weighted by Crippen LogP contribution is 2.42. The van der Waals surface area contributed by atoms with Gasteiger partial charge in [0.25, 0.3) is 5.91 Å². The van der Waals surface area contributed by atoms with Gasteiger partial charge in [0.2, 0.25) is 0 Å². The highest BCUT2D eigenvalue weighted by atomic mass is 32.1. The molecule has 0 saturated heterocycles. The molecule has 4 heteroatoms. The lowest BCUT2D eigenvalue weighted by molar-refractivity contribution is 0.0926. The van der Waals surface area contributed by atoms with Gasteiger partial charge < -0.3 is 11.1 Å². The van der Waals surface area contributed by atoms with E-state index in [-0.39, 0.29) is 5.91 Å². The molecule has 1 fully saturated rings. The van der Waals surface area contributed by atoms with Crippen LogP contribution >= 0.6 is 11.3 Å². The van der Waals surface area contributed by atoms with Gasteiger partial charge in [-0.25, -0.2) is 0 Å². The lowest BCUT2D eigenvalue weighted by Gasteiger charge is -2.31. The molecule has 0 aliphatic heterocycles. The van der Waals surface area contributed by atoms with Gasteiger partial charge >= 0.3 is 0 Å². The fourth-order valence-electron chi connectivity index (χ4n) is 3.41. The quantitative estimate of drug-likeness (QED) is 0.863. The van der Waals surface area contributed by atoms with Crippen LogP contribution in [-0.2, 0) is 0 Å². The summed E-state index contributed by atoms with van der Waals surface area (Å²) in [6.45, 7) is 7.30. The third-order valence-corrected chi connectivity index (χ3v) is 5.37. The number of hydrogen-bond acceptors (Lipinski definition) is 3. The van der Waals surface area contributed by atoms with E-state index in [1.54, 1.807) is 6.07 Å². The SMILES string of the molecule is Cc1sc(C(=O)NCC2(CC(C)C)CCCC2)cc1N. The fourth-order valence-corrected chi connectivity index (χ4v) is 4.26. The van der Waals surface area contributed by atoms with Gasteiger partial charge in [0.05, 0.1) is 4.88 Å². The summed E-state index contributed by atoms with van der Waals surface area (Å²) >= 11 is 1.48. The first-order valence-electron chi connectivity index (χ1n) is 7.56. The third kappa shape index (κ3) is 3.54. The molecule has 0 radical (unpaired) electrons. The molecule has 20 heavy (non-hydrogen) atoms. The molecule has 3 N–H and O–H groups in total. The van der Waals surface area contributed by atoms with E-state index in [1.165, 1.54) is 43.4 Å². The van der Waals surface area contributed by atoms with Crippen molar-refractivity contribution in [2.24, 2.45) is 11.3 Å². The Morgan fingerprint density at radius 3 is 2.60 bits per heavy atom. The molecule has 1 aromatic heterocycles. The van der Waals surface area contributed by atoms with Crippen LogP contribution in [0.15, 0.2) is 6.07 Å². The summed E-state index contributed by atoms with van der Waals surface area (Å²) in [4.78, 5) is 14.0. The summed E-state index contributed by atoms with van der Waals surface area (Å²) in [5.74, 6) is 0.717. The number of nitrogens with two attached hydrogens (primary N) is 1. The number of nitrogens with one attached hydrogen (secondary N) is 1. The Bertz CT molecular complexity index is 453. The minimum absolute atomic E-state index is 0.0323. The van der Waals surface area contributed by atoms with Crippen molar-refractivity contribution >= 4 is 22.9 Å². The molecule has 1 aliphatic carbocycles. The Kier molecular flexibility index (Phi) is 4.74. The Morgan fingerprint density at radius 1 is 1.45 bits per heavy atom. The minimum atomic E-state index is 0.0323. The van der Waals surface area contributed by atoms with E-state index in [9.17, 15) is 4.79 Å². The molecule has 0 bridgehead atoms. The number of carbonyl (C=O) groups excluding carboxylic acids is 1. The van der Waals surface area contributed by atoms with Gasteiger partial charge in [0, 0.05) is 17.1 Å². The number of rotatable bonds is 5. The maximum atomic E-state index is 12.2. The van der Waals surface area contributed by atoms with Crippen LogP contribution in [-0.4, -0.2) is 12.5 Å². The summed E-state index contributed by atoms with van der Waals surface area (Å²) in [6.07, 6.45) is 6.30. The number of anilines is 1. The normalized spacial score (nSPS) is 17.6. The minimum Gasteiger partial charge on any atom is -0.398 e. The zero-order chi connectivity index (χ0) is 14.8. The molecule has 0 aromatic carbocycles. The van der Waals surface area contributed by atoms with Gasteiger partial charge in [-0.2, -0.15) is 0 Å². The van der Waals surface area contributed by atoms with E-state index in [0.29, 0.717) is 11.3 Å². The lowest BCUT2D eigenvalue weighted by atomic mass is 9.78. The maximum Gasteiger partial charge on any atom is 0.261 e. The first kappa shape index (κ1) is 15.4. The maximum absolute atomic E-state index is 12.2. The van der Waals surface area contributed by atoms with Crippen LogP contribution in [0.2, 0.25) is 0 Å². The second kappa shape index (κ2) is 6.17. The van der Waals surface area contributed by atoms with Crippen LogP contribution in [0.4, 0.5) is 5.69 Å². The first-order chi connectivity index (χ1) is 9.42. The molecule has 1 aliphatic rings. The molecule has 0 atom stereocenters. The van der Waals surface area contributed by atoms with Crippen molar-refractivity contribution < 1.29 is 4.79 Å². The predicted octanol–water partition coefficient (Wildman–Crippen LogP) is 3.98. The second-order valence-corrected chi connectivity index (χ2v) is 7.87. The molecular formula is C16H26N2OS. The molecule has 112 valence electrons. The average Bonchev–Trinajstić information content (AvgIpc) is 2.95. The van der Waals surface area contributed by atoms with Gasteiger partial charge in [-0.1, -0.05) is 26.7 Å². The third-order valence-electron chi connectivity index (χ3n) is 4.31. The fraction of sp³-hybridized carbons (Fsp3) is 0.688. The molecule has 0 spiro atoms. The van der Waals surface area contributed by atoms with E-state index >= 15 is 0 Å². The van der Waals surface area contributed by atoms with Gasteiger partial charge in [0.1, 0.15) is 0 Å². The number of carbonyl (C=O) groups is 1. The molecule has 1 saturated carbocycles. The van der Waals surface area contributed by atoms with Crippen molar-refractivity contribution in [2.75, 3.05) is 12.3 Å². The summed E-state index contributed by atoms with van der Waals surface area (Å²) < 4.78 is 0. The molecule has 2 rings (SSSR count). The number of hydrogen-bond donors (Lipinski definition) is 2. The first-order valence-corrected chi connectivity index (χ1v) is 8.38. The van der Waals surface area contributed by atoms with Crippen molar-refractivity contribution in [3.05, 3.63) is 15.8 Å². The van der Waals surface area contributed by atoms with Gasteiger partial charge in [-0.3, -0.25) is 4.79 Å². The van der Waals surface area contributed by atoms with Crippen LogP contribution in [0.3, 0.4) is 0 Å². The summed E-state index contributed by atoms with van der Waals surface area (Å²) in [6, 6.07) is 1.79. The average molecular weight is 294 g/mol. The van der Waals surface area contributed by atoms with Crippen LogP contribution < -0.4 is 11.1 Å². The van der Waals surface area contributed by atoms with Crippen molar-refractivity contribution in [1.82, 2.24) is 5.32 Å². The summed E-state index contributed by atoms with van der Waals surface area (Å²) in [5, 5.41) is 3.14. The highest BCUT2D eigenvalue weighted by molar-refractivity contribution is 7.14. The number of amides is 1. The van der Waals surface area contributed by atoms with E-state index < -0.39 is 0 Å². The Balaban J connectivity index is 1.97. The van der Waals surface area contributed by atoms with Crippen LogP contribution in [0.25, 0.3) is 0 Å². The Hall–Kier alpha value is -1.03. The monoisotopic (exact) mass is 294 g/mol. The van der Waals surface area contributed by atoms with Crippen LogP contribution in [0, 0.1) is 18.3 Å². The van der Waals surface area contributed by atoms with E-state index in [1.807, 2.05) is 6.92 Å². The Morgan fingerprint density at radius 2 is 2.10 bits per heavy atom. The molecule has 1 aromatic rings. The van der Waals surface area contributed by atoms with Crippen LogP contribution in [0.5, 0.6) is 0 Å². The molecule has 3 nitrogen and oxygen atoms in total. The standard InChI is InChI=1S/C16H26N2OS/c1-11(2)9-16(6-4-5-7-16)10-18-15(19)14-8-13(17)12(3)20-14/h8,11H,4-7,9-10,17H2,1-3H3,(H,18,19). The molecule has 0 unspecified atom stereocenters. The van der Waals surface area contributed by atoms with Gasteiger partial charge in [0.15, 0.2) is 0 Å². The van der Waals surface area contributed by atoms with Gasteiger partial charge in [-0.05, 0) is 43.6 Å². The largest absolute Gasteiger partial charge is 0.398 e. The lowest BCUT2D eigenvalue weighted by Crippen LogP contribution is -2.36. The van der Waals surface area contributed by atoms with E-state index in [4.69, 9.17) is 5.73 Å². The Labute approximate surface area is 125 Å². The highest BCUT2D eigenvalue weighted by Gasteiger charge is 2.34. The number of aryl methyl sites for hydroxylation is 1. The van der Waals surface area contributed by atoms with E-state index in [2.05, 4.69) is 19.2 Å². The van der Waals surface area contributed by atoms with Crippen LogP contribution in [0.1, 0.15) is 60.5 Å². The van der Waals surface area contributed by atoms with Gasteiger partial charge in [-0.15, -0.1) is 11.3 Å². The second-order valence-electron chi connectivity index (χ2n) is 6.61. The van der Waals surface area contributed by atoms with Crippen molar-refractivity contribution in [1.29, 1.82) is 0 Å². The summed E-state index contributed by atoms with van der Waals surface area (Å²) in [5.41, 5.74) is 6.86. The van der Waals surface area contributed by atoms with Crippen molar-refractivity contribution in [3.8, 4) is 0 Å². The van der Waals surface area contributed by atoms with Crippen molar-refractivity contribution in [2.45, 2.75) is 52.9 Å². The molecular weight excluding hydrogens is 268 g/mol.